The van der Waals surface area contributed by atoms with E-state index in [2.05, 4.69) is 46.4 Å². The highest BCUT2D eigenvalue weighted by molar-refractivity contribution is 9.10. The van der Waals surface area contributed by atoms with Gasteiger partial charge in [0, 0.05) is 32.9 Å². The summed E-state index contributed by atoms with van der Waals surface area (Å²) >= 11 is 5.34. The minimum absolute atomic E-state index is 0.443. The monoisotopic (exact) mass is 272 g/mol. The van der Waals surface area contributed by atoms with Crippen LogP contribution in [0.2, 0.25) is 0 Å². The van der Waals surface area contributed by atoms with Gasteiger partial charge in [-0.3, -0.25) is 0 Å². The van der Waals surface area contributed by atoms with Gasteiger partial charge < -0.3 is 11.1 Å². The summed E-state index contributed by atoms with van der Waals surface area (Å²) in [7, 11) is 0. The van der Waals surface area contributed by atoms with E-state index < -0.39 is 0 Å². The maximum atomic E-state index is 5.72. The third-order valence-corrected chi connectivity index (χ3v) is 4.38. The van der Waals surface area contributed by atoms with Gasteiger partial charge in [-0.05, 0) is 25.1 Å². The van der Waals surface area contributed by atoms with Crippen molar-refractivity contribution in [2.75, 3.05) is 11.9 Å². The molecule has 0 radical (unpaired) electrons. The standard InChI is InChI=1S/C10H13BrN2S/c1-6-10(5-12)14-9-4-7(11)2-3-8(9)13-6/h2-4,6,10,13H,5,12H2,1H3. The van der Waals surface area contributed by atoms with E-state index in [9.17, 15) is 0 Å². The highest BCUT2D eigenvalue weighted by atomic mass is 79.9. The van der Waals surface area contributed by atoms with E-state index in [0.717, 1.165) is 4.47 Å². The number of nitrogens with one attached hydrogen (secondary N) is 1. The molecule has 2 nitrogen and oxygen atoms in total. The second-order valence-electron chi connectivity index (χ2n) is 3.47. The van der Waals surface area contributed by atoms with Crippen molar-refractivity contribution in [3.05, 3.63) is 22.7 Å². The first-order chi connectivity index (χ1) is 6.70. The Morgan fingerprint density at radius 2 is 2.36 bits per heavy atom. The second-order valence-corrected chi connectivity index (χ2v) is 5.66. The van der Waals surface area contributed by atoms with Gasteiger partial charge >= 0.3 is 0 Å². The fourth-order valence-corrected chi connectivity index (χ4v) is 3.22. The number of halogens is 1. The van der Waals surface area contributed by atoms with Crippen molar-refractivity contribution in [2.24, 2.45) is 5.73 Å². The van der Waals surface area contributed by atoms with Crippen LogP contribution in [0.25, 0.3) is 0 Å². The zero-order chi connectivity index (χ0) is 10.1. The zero-order valence-electron chi connectivity index (χ0n) is 7.96. The van der Waals surface area contributed by atoms with E-state index in [-0.39, 0.29) is 0 Å². The quantitative estimate of drug-likeness (QED) is 0.826. The van der Waals surface area contributed by atoms with Crippen LogP contribution in [0, 0.1) is 0 Å². The molecule has 0 bridgehead atoms. The van der Waals surface area contributed by atoms with E-state index in [1.165, 1.54) is 10.6 Å². The van der Waals surface area contributed by atoms with Gasteiger partial charge in [0.25, 0.3) is 0 Å². The summed E-state index contributed by atoms with van der Waals surface area (Å²) in [5.74, 6) is 0. The first kappa shape index (κ1) is 10.3. The maximum absolute atomic E-state index is 5.72. The van der Waals surface area contributed by atoms with E-state index in [1.54, 1.807) is 0 Å². The molecule has 14 heavy (non-hydrogen) atoms. The Kier molecular flexibility index (Phi) is 3.04. The van der Waals surface area contributed by atoms with Crippen LogP contribution in [0.15, 0.2) is 27.6 Å². The maximum Gasteiger partial charge on any atom is 0.0481 e. The Bertz CT molecular complexity index is 343. The Balaban J connectivity index is 2.31. The number of anilines is 1. The molecule has 4 heteroatoms. The number of benzene rings is 1. The molecule has 2 unspecified atom stereocenters. The molecule has 2 atom stereocenters. The summed E-state index contributed by atoms with van der Waals surface area (Å²) in [6.45, 7) is 2.89. The van der Waals surface area contributed by atoms with Crippen LogP contribution in [0.3, 0.4) is 0 Å². The van der Waals surface area contributed by atoms with Crippen LogP contribution in [-0.2, 0) is 0 Å². The van der Waals surface area contributed by atoms with Crippen LogP contribution in [0.5, 0.6) is 0 Å². The molecule has 3 N–H and O–H groups in total. The molecule has 2 rings (SSSR count). The van der Waals surface area contributed by atoms with E-state index in [1.807, 2.05) is 11.8 Å². The van der Waals surface area contributed by atoms with E-state index >= 15 is 0 Å². The van der Waals surface area contributed by atoms with Crippen LogP contribution < -0.4 is 11.1 Å². The van der Waals surface area contributed by atoms with Gasteiger partial charge in [0.2, 0.25) is 0 Å². The number of rotatable bonds is 1. The predicted molar refractivity (Wildman–Crippen MR) is 65.9 cm³/mol. The molecule has 0 aliphatic carbocycles. The number of fused-ring (bicyclic) bond motifs is 1. The molecular formula is C10H13BrN2S. The average Bonchev–Trinajstić information content (AvgIpc) is 2.17. The zero-order valence-corrected chi connectivity index (χ0v) is 10.4. The van der Waals surface area contributed by atoms with Crippen LogP contribution in [0.4, 0.5) is 5.69 Å². The number of hydrogen-bond acceptors (Lipinski definition) is 3. The summed E-state index contributed by atoms with van der Waals surface area (Å²) < 4.78 is 1.12. The molecule has 0 spiro atoms. The number of hydrogen-bond donors (Lipinski definition) is 2. The first-order valence-electron chi connectivity index (χ1n) is 4.63. The van der Waals surface area contributed by atoms with Gasteiger partial charge in [0.05, 0.1) is 0 Å². The lowest BCUT2D eigenvalue weighted by molar-refractivity contribution is 0.723. The van der Waals surface area contributed by atoms with Crippen LogP contribution in [0.1, 0.15) is 6.92 Å². The minimum Gasteiger partial charge on any atom is -0.381 e. The Labute approximate surface area is 96.8 Å². The van der Waals surface area contributed by atoms with Crippen LogP contribution in [-0.4, -0.2) is 17.8 Å². The highest BCUT2D eigenvalue weighted by Gasteiger charge is 2.24. The average molecular weight is 273 g/mol. The Morgan fingerprint density at radius 1 is 1.57 bits per heavy atom. The lowest BCUT2D eigenvalue weighted by atomic mass is 10.2. The summed E-state index contributed by atoms with van der Waals surface area (Å²) in [5.41, 5.74) is 6.93. The first-order valence-corrected chi connectivity index (χ1v) is 6.31. The van der Waals surface area contributed by atoms with Crippen molar-refractivity contribution in [2.45, 2.75) is 23.1 Å². The largest absolute Gasteiger partial charge is 0.381 e. The lowest BCUT2D eigenvalue weighted by Crippen LogP contribution is -2.36. The van der Waals surface area contributed by atoms with Crippen molar-refractivity contribution in [3.8, 4) is 0 Å². The lowest BCUT2D eigenvalue weighted by Gasteiger charge is -2.31. The summed E-state index contributed by atoms with van der Waals surface area (Å²) in [6.07, 6.45) is 0. The topological polar surface area (TPSA) is 38.0 Å². The van der Waals surface area contributed by atoms with Gasteiger partial charge in [0.1, 0.15) is 0 Å². The van der Waals surface area contributed by atoms with Gasteiger partial charge in [-0.25, -0.2) is 0 Å². The molecule has 1 aromatic rings. The van der Waals surface area contributed by atoms with E-state index in [4.69, 9.17) is 5.73 Å². The third-order valence-electron chi connectivity index (χ3n) is 2.40. The van der Waals surface area contributed by atoms with Crippen LogP contribution >= 0.6 is 27.7 Å². The highest BCUT2D eigenvalue weighted by Crippen LogP contribution is 2.38. The van der Waals surface area contributed by atoms with Gasteiger partial charge in [-0.2, -0.15) is 0 Å². The smallest absolute Gasteiger partial charge is 0.0481 e. The molecule has 1 aromatic carbocycles. The van der Waals surface area contributed by atoms with Crippen molar-refractivity contribution < 1.29 is 0 Å². The SMILES string of the molecule is CC1Nc2ccc(Br)cc2SC1CN. The fraction of sp³-hybridized carbons (Fsp3) is 0.400. The predicted octanol–water partition coefficient (Wildman–Crippen LogP) is 2.68. The molecule has 76 valence electrons. The van der Waals surface area contributed by atoms with Crippen molar-refractivity contribution in [1.82, 2.24) is 0 Å². The van der Waals surface area contributed by atoms with Crippen molar-refractivity contribution >= 4 is 33.4 Å². The molecule has 0 saturated heterocycles. The Morgan fingerprint density at radius 3 is 3.07 bits per heavy atom. The molecule has 1 aliphatic heterocycles. The third kappa shape index (κ3) is 1.92. The van der Waals surface area contributed by atoms with Gasteiger partial charge in [-0.15, -0.1) is 11.8 Å². The normalized spacial score (nSPS) is 25.4. The summed E-state index contributed by atoms with van der Waals surface area (Å²) in [6, 6.07) is 6.75. The van der Waals surface area contributed by atoms with Gasteiger partial charge in [0.15, 0.2) is 0 Å². The molecular weight excluding hydrogens is 260 g/mol. The van der Waals surface area contributed by atoms with Crippen molar-refractivity contribution in [3.63, 3.8) is 0 Å². The molecule has 0 aromatic heterocycles. The number of thioether (sulfide) groups is 1. The minimum atomic E-state index is 0.443. The second kappa shape index (κ2) is 4.13. The Hall–Kier alpha value is -0.190. The molecule has 0 saturated carbocycles. The molecule has 1 heterocycles. The number of nitrogens with two attached hydrogens (primary N) is 1. The van der Waals surface area contributed by atoms with E-state index in [0.29, 0.717) is 17.8 Å². The summed E-state index contributed by atoms with van der Waals surface area (Å²) in [5, 5.41) is 3.94. The summed E-state index contributed by atoms with van der Waals surface area (Å²) in [4.78, 5) is 1.29. The van der Waals surface area contributed by atoms with Crippen molar-refractivity contribution in [1.29, 1.82) is 0 Å². The molecule has 0 amide bonds. The molecule has 0 fully saturated rings. The fourth-order valence-electron chi connectivity index (χ4n) is 1.57. The molecule has 1 aliphatic rings. The van der Waals surface area contributed by atoms with Gasteiger partial charge in [-0.1, -0.05) is 15.9 Å².